The van der Waals surface area contributed by atoms with Crippen LogP contribution in [0, 0.1) is 0 Å². The van der Waals surface area contributed by atoms with Gasteiger partial charge in [-0.05, 0) is 37.3 Å². The Labute approximate surface area is 146 Å². The van der Waals surface area contributed by atoms with E-state index in [1.54, 1.807) is 12.4 Å². The summed E-state index contributed by atoms with van der Waals surface area (Å²) >= 11 is 0. The van der Waals surface area contributed by atoms with Gasteiger partial charge >= 0.3 is 6.03 Å². The zero-order chi connectivity index (χ0) is 17.1. The summed E-state index contributed by atoms with van der Waals surface area (Å²) in [6.07, 6.45) is 9.93. The standard InChI is InChI=1S/C18H22N6O/c25-18(23-15-11-20-17(21-12-15)14-4-5-14)22-10-13-3-6-16(19-9-13)24-7-1-2-8-24/h3,6,9,11-12,14H,1-2,4-5,7-8,10H2,(H2,22,23,25). The van der Waals surface area contributed by atoms with E-state index in [4.69, 9.17) is 0 Å². The number of hydrogen-bond acceptors (Lipinski definition) is 5. The Hall–Kier alpha value is -2.70. The van der Waals surface area contributed by atoms with E-state index >= 15 is 0 Å². The van der Waals surface area contributed by atoms with Gasteiger partial charge in [-0.2, -0.15) is 0 Å². The van der Waals surface area contributed by atoms with Gasteiger partial charge in [0.25, 0.3) is 0 Å². The third kappa shape index (κ3) is 4.04. The van der Waals surface area contributed by atoms with Crippen LogP contribution in [0.2, 0.25) is 0 Å². The number of nitrogens with one attached hydrogen (secondary N) is 2. The van der Waals surface area contributed by atoms with Crippen LogP contribution in [0.5, 0.6) is 0 Å². The number of aromatic nitrogens is 3. The number of pyridine rings is 1. The fourth-order valence-corrected chi connectivity index (χ4v) is 2.97. The van der Waals surface area contributed by atoms with Crippen LogP contribution in [0.15, 0.2) is 30.7 Å². The lowest BCUT2D eigenvalue weighted by atomic mass is 10.3. The lowest BCUT2D eigenvalue weighted by Crippen LogP contribution is -2.28. The first kappa shape index (κ1) is 15.8. The molecule has 1 saturated carbocycles. The highest BCUT2D eigenvalue weighted by molar-refractivity contribution is 5.88. The van der Waals surface area contributed by atoms with Gasteiger partial charge in [-0.1, -0.05) is 6.07 Å². The first-order valence-corrected chi connectivity index (χ1v) is 8.84. The molecule has 130 valence electrons. The maximum Gasteiger partial charge on any atom is 0.319 e. The third-order valence-electron chi connectivity index (χ3n) is 4.56. The summed E-state index contributed by atoms with van der Waals surface area (Å²) in [6.45, 7) is 2.59. The Kier molecular flexibility index (Phi) is 4.45. The Bertz CT molecular complexity index is 720. The van der Waals surface area contributed by atoms with Gasteiger partial charge in [0, 0.05) is 31.7 Å². The molecule has 0 unspecified atom stereocenters. The number of rotatable bonds is 5. The molecule has 2 fully saturated rings. The Morgan fingerprint density at radius 2 is 1.84 bits per heavy atom. The number of urea groups is 1. The average molecular weight is 338 g/mol. The summed E-state index contributed by atoms with van der Waals surface area (Å²) in [6, 6.07) is 3.76. The van der Waals surface area contributed by atoms with Crippen LogP contribution >= 0.6 is 0 Å². The van der Waals surface area contributed by atoms with Crippen LogP contribution in [0.3, 0.4) is 0 Å². The van der Waals surface area contributed by atoms with Crippen LogP contribution in [-0.2, 0) is 6.54 Å². The second-order valence-electron chi connectivity index (χ2n) is 6.63. The second kappa shape index (κ2) is 7.04. The van der Waals surface area contributed by atoms with Gasteiger partial charge in [0.15, 0.2) is 0 Å². The van der Waals surface area contributed by atoms with Crippen molar-refractivity contribution in [3.05, 3.63) is 42.1 Å². The molecule has 1 aliphatic heterocycles. The van der Waals surface area contributed by atoms with Crippen molar-refractivity contribution in [1.82, 2.24) is 20.3 Å². The molecule has 2 aromatic heterocycles. The first-order valence-electron chi connectivity index (χ1n) is 8.84. The predicted molar refractivity (Wildman–Crippen MR) is 95.5 cm³/mol. The van der Waals surface area contributed by atoms with E-state index in [0.717, 1.165) is 43.1 Å². The molecular weight excluding hydrogens is 316 g/mol. The van der Waals surface area contributed by atoms with E-state index in [0.29, 0.717) is 18.2 Å². The second-order valence-corrected chi connectivity index (χ2v) is 6.63. The molecule has 7 nitrogen and oxygen atoms in total. The normalized spacial score (nSPS) is 16.7. The molecule has 0 aromatic carbocycles. The molecule has 4 rings (SSSR count). The van der Waals surface area contributed by atoms with Crippen LogP contribution < -0.4 is 15.5 Å². The molecule has 0 bridgehead atoms. The van der Waals surface area contributed by atoms with Gasteiger partial charge in [0.05, 0.1) is 18.1 Å². The maximum absolute atomic E-state index is 12.0. The van der Waals surface area contributed by atoms with Crippen molar-refractivity contribution in [2.75, 3.05) is 23.3 Å². The molecule has 3 heterocycles. The lowest BCUT2D eigenvalue weighted by molar-refractivity contribution is 0.251. The molecule has 25 heavy (non-hydrogen) atoms. The van der Waals surface area contributed by atoms with E-state index in [9.17, 15) is 4.79 Å². The van der Waals surface area contributed by atoms with Gasteiger partial charge in [0.2, 0.25) is 0 Å². The van der Waals surface area contributed by atoms with Crippen molar-refractivity contribution in [1.29, 1.82) is 0 Å². The fourth-order valence-electron chi connectivity index (χ4n) is 2.97. The number of carbonyl (C=O) groups is 1. The quantitative estimate of drug-likeness (QED) is 0.876. The van der Waals surface area contributed by atoms with E-state index in [1.165, 1.54) is 12.8 Å². The monoisotopic (exact) mass is 338 g/mol. The highest BCUT2D eigenvalue weighted by Crippen LogP contribution is 2.37. The van der Waals surface area contributed by atoms with Gasteiger partial charge in [-0.15, -0.1) is 0 Å². The average Bonchev–Trinajstić information content (AvgIpc) is 3.35. The van der Waals surface area contributed by atoms with Gasteiger partial charge in [0.1, 0.15) is 11.6 Å². The predicted octanol–water partition coefficient (Wildman–Crippen LogP) is 2.67. The van der Waals surface area contributed by atoms with Crippen molar-refractivity contribution in [2.24, 2.45) is 0 Å². The van der Waals surface area contributed by atoms with Crippen molar-refractivity contribution in [3.8, 4) is 0 Å². The van der Waals surface area contributed by atoms with Crippen molar-refractivity contribution in [3.63, 3.8) is 0 Å². The summed E-state index contributed by atoms with van der Waals surface area (Å²) in [7, 11) is 0. The summed E-state index contributed by atoms with van der Waals surface area (Å²) in [5, 5.41) is 5.58. The van der Waals surface area contributed by atoms with E-state index in [1.807, 2.05) is 18.3 Å². The summed E-state index contributed by atoms with van der Waals surface area (Å²) in [5.74, 6) is 2.40. The maximum atomic E-state index is 12.0. The lowest BCUT2D eigenvalue weighted by Gasteiger charge is -2.16. The summed E-state index contributed by atoms with van der Waals surface area (Å²) < 4.78 is 0. The molecular formula is C18H22N6O. The number of hydrogen-bond donors (Lipinski definition) is 2. The fraction of sp³-hybridized carbons (Fsp3) is 0.444. The molecule has 2 aliphatic rings. The van der Waals surface area contributed by atoms with Crippen LogP contribution in [0.1, 0.15) is 43.0 Å². The van der Waals surface area contributed by atoms with Crippen LogP contribution in [0.4, 0.5) is 16.3 Å². The Morgan fingerprint density at radius 3 is 2.48 bits per heavy atom. The van der Waals surface area contributed by atoms with Crippen molar-refractivity contribution >= 4 is 17.5 Å². The van der Waals surface area contributed by atoms with Crippen LogP contribution in [-0.4, -0.2) is 34.1 Å². The van der Waals surface area contributed by atoms with Gasteiger partial charge in [-0.3, -0.25) is 0 Å². The highest BCUT2D eigenvalue weighted by atomic mass is 16.2. The molecule has 1 aliphatic carbocycles. The number of carbonyl (C=O) groups excluding carboxylic acids is 1. The molecule has 2 amide bonds. The van der Waals surface area contributed by atoms with Crippen LogP contribution in [0.25, 0.3) is 0 Å². The van der Waals surface area contributed by atoms with E-state index < -0.39 is 0 Å². The smallest absolute Gasteiger partial charge is 0.319 e. The zero-order valence-electron chi connectivity index (χ0n) is 14.1. The Balaban J connectivity index is 1.26. The first-order chi connectivity index (χ1) is 12.3. The summed E-state index contributed by atoms with van der Waals surface area (Å²) in [4.78, 5) is 27.3. The molecule has 1 saturated heterocycles. The largest absolute Gasteiger partial charge is 0.357 e. The molecule has 0 spiro atoms. The minimum atomic E-state index is -0.272. The molecule has 2 N–H and O–H groups in total. The van der Waals surface area contributed by atoms with Gasteiger partial charge in [-0.25, -0.2) is 19.7 Å². The molecule has 0 radical (unpaired) electrons. The van der Waals surface area contributed by atoms with Gasteiger partial charge < -0.3 is 15.5 Å². The zero-order valence-corrected chi connectivity index (χ0v) is 14.1. The van der Waals surface area contributed by atoms with E-state index in [-0.39, 0.29) is 6.03 Å². The Morgan fingerprint density at radius 1 is 1.08 bits per heavy atom. The minimum Gasteiger partial charge on any atom is -0.357 e. The molecule has 2 aromatic rings. The SMILES string of the molecule is O=C(NCc1ccc(N2CCCC2)nc1)Nc1cnc(C2CC2)nc1. The highest BCUT2D eigenvalue weighted by Gasteiger charge is 2.26. The number of nitrogens with zero attached hydrogens (tertiary/aromatic N) is 4. The van der Waals surface area contributed by atoms with E-state index in [2.05, 4.69) is 30.5 Å². The molecule has 0 atom stereocenters. The van der Waals surface area contributed by atoms with Crippen molar-refractivity contribution < 1.29 is 4.79 Å². The minimum absolute atomic E-state index is 0.272. The van der Waals surface area contributed by atoms with Crippen molar-refractivity contribution in [2.45, 2.75) is 38.1 Å². The number of anilines is 2. The summed E-state index contributed by atoms with van der Waals surface area (Å²) in [5.41, 5.74) is 1.57. The number of amides is 2. The molecule has 7 heteroatoms. The topological polar surface area (TPSA) is 83.0 Å². The third-order valence-corrected chi connectivity index (χ3v) is 4.56.